The molecular weight excluding hydrogens is 521 g/mol. The van der Waals surface area contributed by atoms with Gasteiger partial charge in [-0.2, -0.15) is 0 Å². The van der Waals surface area contributed by atoms with Crippen molar-refractivity contribution in [2.75, 3.05) is 11.5 Å². The van der Waals surface area contributed by atoms with E-state index in [0.717, 1.165) is 6.42 Å². The number of hydrogen-bond acceptors (Lipinski definition) is 2. The first-order chi connectivity index (χ1) is 19.8. The lowest BCUT2D eigenvalue weighted by molar-refractivity contribution is 0.548. The van der Waals surface area contributed by atoms with E-state index >= 15 is 0 Å². The predicted octanol–water partition coefficient (Wildman–Crippen LogP) is 14.4. The Morgan fingerprint density at radius 1 is 0.425 bits per heavy atom. The minimum atomic E-state index is 1.04. The van der Waals surface area contributed by atoms with Gasteiger partial charge in [0.05, 0.1) is 0 Å². The molecule has 40 heavy (non-hydrogen) atoms. The molecular formula is C38H69S2. The lowest BCUT2D eigenvalue weighted by atomic mass is 10.1. The summed E-state index contributed by atoms with van der Waals surface area (Å²) in [6.45, 7) is 8.68. The van der Waals surface area contributed by atoms with E-state index in [2.05, 4.69) is 62.5 Å². The first-order valence-corrected chi connectivity index (χ1v) is 20.0. The second kappa shape index (κ2) is 30.4. The third-order valence-electron chi connectivity index (χ3n) is 8.19. The summed E-state index contributed by atoms with van der Waals surface area (Å²) in [7, 11) is 0. The van der Waals surface area contributed by atoms with E-state index < -0.39 is 0 Å². The van der Waals surface area contributed by atoms with Gasteiger partial charge in [-0.1, -0.05) is 168 Å². The molecule has 0 spiro atoms. The van der Waals surface area contributed by atoms with Crippen molar-refractivity contribution in [1.82, 2.24) is 0 Å². The molecule has 0 saturated heterocycles. The largest absolute Gasteiger partial charge is 0.126 e. The number of rotatable bonds is 31. The van der Waals surface area contributed by atoms with Crippen LogP contribution in [0.2, 0.25) is 0 Å². The topological polar surface area (TPSA) is 0 Å². The Hall–Kier alpha value is -0.0800. The van der Waals surface area contributed by atoms with Crippen LogP contribution in [0, 0.1) is 6.92 Å². The zero-order valence-corrected chi connectivity index (χ0v) is 28.9. The average Bonchev–Trinajstić information content (AvgIpc) is 2.96. The van der Waals surface area contributed by atoms with Gasteiger partial charge in [0.1, 0.15) is 0 Å². The van der Waals surface area contributed by atoms with Crippen molar-refractivity contribution in [2.45, 2.75) is 197 Å². The quantitative estimate of drug-likeness (QED) is 0.0624. The highest BCUT2D eigenvalue weighted by Crippen LogP contribution is 2.30. The third-order valence-corrected chi connectivity index (χ3v) is 10.3. The van der Waals surface area contributed by atoms with Crippen molar-refractivity contribution >= 4 is 23.5 Å². The second-order valence-corrected chi connectivity index (χ2v) is 14.6. The molecule has 0 unspecified atom stereocenters. The zero-order chi connectivity index (χ0) is 28.8. The SMILES string of the molecule is [CH2]CCCc1cc(SCCCCCCCCCCCCCC)cc(SCCCCCCCCCCCCCC)c1. The summed E-state index contributed by atoms with van der Waals surface area (Å²) in [6.07, 6.45) is 37.8. The summed E-state index contributed by atoms with van der Waals surface area (Å²) >= 11 is 4.19. The summed E-state index contributed by atoms with van der Waals surface area (Å²) in [5, 5.41) is 0. The molecule has 0 bridgehead atoms. The molecule has 0 nitrogen and oxygen atoms in total. The van der Waals surface area contributed by atoms with Crippen LogP contribution in [-0.2, 0) is 6.42 Å². The van der Waals surface area contributed by atoms with Gasteiger partial charge in [-0.3, -0.25) is 0 Å². The maximum Gasteiger partial charge on any atom is 0.00858 e. The predicted molar refractivity (Wildman–Crippen MR) is 188 cm³/mol. The Labute approximate surface area is 261 Å². The van der Waals surface area contributed by atoms with Crippen molar-refractivity contribution in [3.8, 4) is 0 Å². The molecule has 0 aliphatic rings. The third kappa shape index (κ3) is 24.5. The van der Waals surface area contributed by atoms with Gasteiger partial charge in [0, 0.05) is 9.79 Å². The van der Waals surface area contributed by atoms with Gasteiger partial charge in [-0.15, -0.1) is 23.5 Å². The number of unbranched alkanes of at least 4 members (excludes halogenated alkanes) is 23. The number of aryl methyl sites for hydroxylation is 1. The molecule has 1 radical (unpaired) electrons. The van der Waals surface area contributed by atoms with Gasteiger partial charge in [0.25, 0.3) is 0 Å². The summed E-state index contributed by atoms with van der Waals surface area (Å²) < 4.78 is 0. The molecule has 0 fully saturated rings. The normalized spacial score (nSPS) is 11.5. The van der Waals surface area contributed by atoms with Crippen LogP contribution in [0.3, 0.4) is 0 Å². The van der Waals surface area contributed by atoms with Crippen molar-refractivity contribution in [3.05, 3.63) is 30.7 Å². The summed E-state index contributed by atoms with van der Waals surface area (Å²) in [6, 6.07) is 7.41. The van der Waals surface area contributed by atoms with Crippen LogP contribution in [0.4, 0.5) is 0 Å². The van der Waals surface area contributed by atoms with Crippen molar-refractivity contribution in [3.63, 3.8) is 0 Å². The minimum Gasteiger partial charge on any atom is -0.126 e. The smallest absolute Gasteiger partial charge is 0.00858 e. The molecule has 1 rings (SSSR count). The van der Waals surface area contributed by atoms with Gasteiger partial charge in [0.2, 0.25) is 0 Å². The number of thioether (sulfide) groups is 2. The monoisotopic (exact) mass is 589 g/mol. The standard InChI is InChI=1S/C38H69S2/c1-4-7-10-12-14-16-18-20-22-24-26-28-31-39-37-33-36(30-9-6-3)34-38(35-37)40-32-29-27-25-23-21-19-17-15-13-11-8-5-2/h33-35H,3-32H2,1-2H3. The lowest BCUT2D eigenvalue weighted by Gasteiger charge is -2.10. The van der Waals surface area contributed by atoms with Gasteiger partial charge >= 0.3 is 0 Å². The molecule has 0 saturated carbocycles. The van der Waals surface area contributed by atoms with E-state index in [1.54, 1.807) is 0 Å². The number of benzene rings is 1. The molecule has 1 aromatic carbocycles. The van der Waals surface area contributed by atoms with Gasteiger partial charge in [0.15, 0.2) is 0 Å². The first-order valence-electron chi connectivity index (χ1n) is 18.0. The highest BCUT2D eigenvalue weighted by molar-refractivity contribution is 8.00. The van der Waals surface area contributed by atoms with E-state index in [4.69, 9.17) is 0 Å². The van der Waals surface area contributed by atoms with Crippen LogP contribution in [0.15, 0.2) is 28.0 Å². The molecule has 0 heterocycles. The molecule has 0 aliphatic carbocycles. The average molecular weight is 590 g/mol. The fourth-order valence-electron chi connectivity index (χ4n) is 5.54. The van der Waals surface area contributed by atoms with Crippen molar-refractivity contribution < 1.29 is 0 Å². The van der Waals surface area contributed by atoms with Gasteiger partial charge in [-0.25, -0.2) is 0 Å². The van der Waals surface area contributed by atoms with Crippen molar-refractivity contribution in [1.29, 1.82) is 0 Å². The Morgan fingerprint density at radius 3 is 1.07 bits per heavy atom. The Kier molecular flexibility index (Phi) is 28.8. The van der Waals surface area contributed by atoms with Crippen LogP contribution >= 0.6 is 23.5 Å². The maximum absolute atomic E-state index is 4.07. The molecule has 0 aromatic heterocycles. The molecule has 0 N–H and O–H groups in total. The summed E-state index contributed by atoms with van der Waals surface area (Å²) in [4.78, 5) is 3.00. The summed E-state index contributed by atoms with van der Waals surface area (Å²) in [5.41, 5.74) is 1.53. The van der Waals surface area contributed by atoms with E-state index in [0.29, 0.717) is 0 Å². The van der Waals surface area contributed by atoms with Crippen LogP contribution in [0.5, 0.6) is 0 Å². The lowest BCUT2D eigenvalue weighted by Crippen LogP contribution is -1.90. The highest BCUT2D eigenvalue weighted by Gasteiger charge is 2.04. The molecule has 0 aliphatic heterocycles. The molecule has 1 aromatic rings. The van der Waals surface area contributed by atoms with Crippen LogP contribution < -0.4 is 0 Å². The minimum absolute atomic E-state index is 1.04. The van der Waals surface area contributed by atoms with Crippen LogP contribution in [0.1, 0.15) is 186 Å². The Balaban J connectivity index is 2.14. The molecule has 233 valence electrons. The Bertz CT molecular complexity index is 592. The molecule has 0 atom stereocenters. The Morgan fingerprint density at radius 2 is 0.750 bits per heavy atom. The zero-order valence-electron chi connectivity index (χ0n) is 27.3. The maximum atomic E-state index is 4.07. The van der Waals surface area contributed by atoms with Crippen LogP contribution in [0.25, 0.3) is 0 Å². The van der Waals surface area contributed by atoms with E-state index in [-0.39, 0.29) is 0 Å². The first kappa shape index (κ1) is 37.9. The second-order valence-electron chi connectivity index (χ2n) is 12.2. The molecule has 2 heteroatoms. The molecule has 0 amide bonds. The van der Waals surface area contributed by atoms with Crippen LogP contribution in [-0.4, -0.2) is 11.5 Å². The van der Waals surface area contributed by atoms with Gasteiger partial charge < -0.3 is 0 Å². The number of hydrogen-bond donors (Lipinski definition) is 0. The van der Waals surface area contributed by atoms with Gasteiger partial charge in [-0.05, 0) is 61.0 Å². The summed E-state index contributed by atoms with van der Waals surface area (Å²) in [5.74, 6) is 2.55. The van der Waals surface area contributed by atoms with E-state index in [9.17, 15) is 0 Å². The highest BCUT2D eigenvalue weighted by atomic mass is 32.2. The fourth-order valence-corrected chi connectivity index (χ4v) is 7.67. The van der Waals surface area contributed by atoms with Crippen molar-refractivity contribution in [2.24, 2.45) is 0 Å². The van der Waals surface area contributed by atoms with E-state index in [1.807, 2.05) is 0 Å². The van der Waals surface area contributed by atoms with E-state index in [1.165, 1.54) is 194 Å². The fraction of sp³-hybridized carbons (Fsp3) is 0.816.